The maximum Gasteiger partial charge on any atom is 0.249 e. The molecule has 0 aliphatic heterocycles. The fourth-order valence-electron chi connectivity index (χ4n) is 2.68. The first-order valence-electron chi connectivity index (χ1n) is 9.11. The second kappa shape index (κ2) is 8.74. The molecule has 0 fully saturated rings. The van der Waals surface area contributed by atoms with Crippen molar-refractivity contribution in [3.63, 3.8) is 0 Å². The molecule has 4 aromatic rings. The Morgan fingerprint density at radius 2 is 1.64 bits per heavy atom. The molecule has 0 amide bonds. The average molecular weight is 366 g/mol. The van der Waals surface area contributed by atoms with E-state index in [-0.39, 0.29) is 0 Å². The van der Waals surface area contributed by atoms with Gasteiger partial charge in [-0.1, -0.05) is 30.2 Å². The molecule has 5 nitrogen and oxygen atoms in total. The van der Waals surface area contributed by atoms with Crippen molar-refractivity contribution in [2.45, 2.75) is 12.8 Å². The van der Waals surface area contributed by atoms with E-state index in [1.807, 2.05) is 60.7 Å². The minimum atomic E-state index is 0.435. The predicted octanol–water partition coefficient (Wildman–Crippen LogP) is 3.83. The largest absolute Gasteiger partial charge is 0.476 e. The normalized spacial score (nSPS) is 10.3. The summed E-state index contributed by atoms with van der Waals surface area (Å²) in [5.41, 5.74) is 3.69. The number of aromatic nitrogens is 4. The van der Waals surface area contributed by atoms with Crippen LogP contribution in [0.5, 0.6) is 5.88 Å². The van der Waals surface area contributed by atoms with Gasteiger partial charge in [-0.2, -0.15) is 0 Å². The van der Waals surface area contributed by atoms with E-state index in [0.29, 0.717) is 29.3 Å². The first kappa shape index (κ1) is 17.6. The Kier molecular flexibility index (Phi) is 5.50. The quantitative estimate of drug-likeness (QED) is 0.397. The lowest BCUT2D eigenvalue weighted by molar-refractivity contribution is 0.297. The van der Waals surface area contributed by atoms with Gasteiger partial charge in [0.1, 0.15) is 5.52 Å². The van der Waals surface area contributed by atoms with E-state index in [1.54, 1.807) is 12.4 Å². The summed E-state index contributed by atoms with van der Waals surface area (Å²) in [4.78, 5) is 17.7. The van der Waals surface area contributed by atoms with Crippen LogP contribution in [-0.2, 0) is 6.42 Å². The van der Waals surface area contributed by atoms with Crippen LogP contribution in [0.2, 0.25) is 0 Å². The van der Waals surface area contributed by atoms with Crippen LogP contribution in [0.3, 0.4) is 0 Å². The van der Waals surface area contributed by atoms with E-state index in [1.165, 1.54) is 0 Å². The second-order valence-electron chi connectivity index (χ2n) is 6.11. The average Bonchev–Trinajstić information content (AvgIpc) is 2.76. The number of hydrogen-bond donors (Lipinski definition) is 0. The number of fused-ring (bicyclic) bond motifs is 1. The molecule has 0 aliphatic carbocycles. The highest BCUT2D eigenvalue weighted by atomic mass is 16.5. The van der Waals surface area contributed by atoms with E-state index in [2.05, 4.69) is 31.8 Å². The molecule has 3 heterocycles. The minimum Gasteiger partial charge on any atom is -0.476 e. The van der Waals surface area contributed by atoms with Gasteiger partial charge in [0.05, 0.1) is 6.61 Å². The molecule has 28 heavy (non-hydrogen) atoms. The Labute approximate surface area is 163 Å². The summed E-state index contributed by atoms with van der Waals surface area (Å²) < 4.78 is 5.92. The number of hydrogen-bond acceptors (Lipinski definition) is 5. The van der Waals surface area contributed by atoms with Crippen molar-refractivity contribution in [1.29, 1.82) is 0 Å². The standard InChI is InChI=1S/C23H18N4O/c1-2-8-18(9-3-1)13-14-21-23(27-20-12-6-16-25-22(20)26-21)28-17-7-11-19-10-4-5-15-24-19/h1-6,8-10,12,15-16H,7,11,17H2. The van der Waals surface area contributed by atoms with Crippen molar-refractivity contribution in [1.82, 2.24) is 19.9 Å². The summed E-state index contributed by atoms with van der Waals surface area (Å²) in [6, 6.07) is 19.4. The number of benzene rings is 1. The predicted molar refractivity (Wildman–Crippen MR) is 108 cm³/mol. The number of rotatable bonds is 5. The summed E-state index contributed by atoms with van der Waals surface area (Å²) in [6.07, 6.45) is 5.16. The van der Waals surface area contributed by atoms with Crippen LogP contribution in [0.4, 0.5) is 0 Å². The number of pyridine rings is 2. The topological polar surface area (TPSA) is 60.8 Å². The van der Waals surface area contributed by atoms with E-state index >= 15 is 0 Å². The van der Waals surface area contributed by atoms with Gasteiger partial charge in [-0.05, 0) is 55.2 Å². The highest BCUT2D eigenvalue weighted by molar-refractivity contribution is 5.71. The molecule has 0 unspecified atom stereocenters. The molecule has 5 heteroatoms. The number of aryl methyl sites for hydroxylation is 1. The summed E-state index contributed by atoms with van der Waals surface area (Å²) in [5, 5.41) is 0. The fourth-order valence-corrected chi connectivity index (χ4v) is 2.68. The third-order valence-corrected chi connectivity index (χ3v) is 4.05. The molecule has 136 valence electrons. The van der Waals surface area contributed by atoms with Crippen molar-refractivity contribution in [2.75, 3.05) is 6.61 Å². The van der Waals surface area contributed by atoms with Crippen LogP contribution in [-0.4, -0.2) is 26.5 Å². The molecule has 0 saturated heterocycles. The summed E-state index contributed by atoms with van der Waals surface area (Å²) in [7, 11) is 0. The van der Waals surface area contributed by atoms with Crippen molar-refractivity contribution < 1.29 is 4.74 Å². The third kappa shape index (κ3) is 4.49. The van der Waals surface area contributed by atoms with E-state index in [4.69, 9.17) is 4.74 Å². The first-order valence-corrected chi connectivity index (χ1v) is 9.11. The monoisotopic (exact) mass is 366 g/mol. The summed E-state index contributed by atoms with van der Waals surface area (Å²) >= 11 is 0. The van der Waals surface area contributed by atoms with Crippen molar-refractivity contribution in [2.24, 2.45) is 0 Å². The molecule has 0 atom stereocenters. The molecule has 0 saturated carbocycles. The molecule has 0 spiro atoms. The van der Waals surface area contributed by atoms with Gasteiger partial charge in [0.15, 0.2) is 11.3 Å². The van der Waals surface area contributed by atoms with Crippen LogP contribution in [0.1, 0.15) is 23.4 Å². The minimum absolute atomic E-state index is 0.435. The van der Waals surface area contributed by atoms with Gasteiger partial charge in [0.25, 0.3) is 0 Å². The molecule has 4 rings (SSSR count). The Bertz CT molecular complexity index is 1120. The molecular weight excluding hydrogens is 348 g/mol. The van der Waals surface area contributed by atoms with Gasteiger partial charge < -0.3 is 4.74 Å². The number of ether oxygens (including phenoxy) is 1. The van der Waals surface area contributed by atoms with Gasteiger partial charge >= 0.3 is 0 Å². The molecule has 0 N–H and O–H groups in total. The maximum absolute atomic E-state index is 5.92. The van der Waals surface area contributed by atoms with Crippen LogP contribution >= 0.6 is 0 Å². The van der Waals surface area contributed by atoms with Gasteiger partial charge in [-0.15, -0.1) is 0 Å². The SMILES string of the molecule is C(#Cc1nc2ncccc2nc1OCCCc1ccccn1)c1ccccc1. The van der Waals surface area contributed by atoms with Crippen molar-refractivity contribution in [3.8, 4) is 17.7 Å². The van der Waals surface area contributed by atoms with E-state index < -0.39 is 0 Å². The van der Waals surface area contributed by atoms with Crippen LogP contribution in [0, 0.1) is 11.8 Å². The van der Waals surface area contributed by atoms with Crippen LogP contribution in [0.25, 0.3) is 11.2 Å². The maximum atomic E-state index is 5.92. The van der Waals surface area contributed by atoms with E-state index in [0.717, 1.165) is 24.1 Å². The lowest BCUT2D eigenvalue weighted by Crippen LogP contribution is -2.05. The Hall–Kier alpha value is -3.78. The zero-order valence-electron chi connectivity index (χ0n) is 15.2. The molecule has 0 bridgehead atoms. The van der Waals surface area contributed by atoms with Crippen LogP contribution < -0.4 is 4.74 Å². The zero-order valence-corrected chi connectivity index (χ0v) is 15.2. The molecule has 0 radical (unpaired) electrons. The van der Waals surface area contributed by atoms with Gasteiger partial charge in [0, 0.05) is 23.7 Å². The highest BCUT2D eigenvalue weighted by Crippen LogP contribution is 2.17. The van der Waals surface area contributed by atoms with E-state index in [9.17, 15) is 0 Å². The Morgan fingerprint density at radius 3 is 2.50 bits per heavy atom. The molecule has 3 aromatic heterocycles. The zero-order chi connectivity index (χ0) is 19.0. The summed E-state index contributed by atoms with van der Waals surface area (Å²) in [6.45, 7) is 0.511. The van der Waals surface area contributed by atoms with Gasteiger partial charge in [-0.3, -0.25) is 4.98 Å². The van der Waals surface area contributed by atoms with Gasteiger partial charge in [0.2, 0.25) is 5.88 Å². The highest BCUT2D eigenvalue weighted by Gasteiger charge is 2.09. The lowest BCUT2D eigenvalue weighted by Gasteiger charge is -2.08. The fraction of sp³-hybridized carbons (Fsp3) is 0.130. The van der Waals surface area contributed by atoms with Crippen LogP contribution in [0.15, 0.2) is 73.1 Å². The van der Waals surface area contributed by atoms with Gasteiger partial charge in [-0.25, -0.2) is 15.0 Å². The third-order valence-electron chi connectivity index (χ3n) is 4.05. The summed E-state index contributed by atoms with van der Waals surface area (Å²) in [5.74, 6) is 6.63. The van der Waals surface area contributed by atoms with Crippen molar-refractivity contribution in [3.05, 3.63) is 90.0 Å². The second-order valence-corrected chi connectivity index (χ2v) is 6.11. The molecule has 1 aromatic carbocycles. The molecule has 0 aliphatic rings. The Balaban J connectivity index is 1.54. The smallest absolute Gasteiger partial charge is 0.249 e. The van der Waals surface area contributed by atoms with Crippen molar-refractivity contribution >= 4 is 11.2 Å². The molecular formula is C23H18N4O. The lowest BCUT2D eigenvalue weighted by atomic mass is 10.2. The Morgan fingerprint density at radius 1 is 0.786 bits per heavy atom. The number of nitrogens with zero attached hydrogens (tertiary/aromatic N) is 4. The first-order chi connectivity index (χ1) is 13.9.